The van der Waals surface area contributed by atoms with Gasteiger partial charge in [0.05, 0.1) is 7.11 Å². The Hall–Kier alpha value is -3.14. The van der Waals surface area contributed by atoms with Crippen molar-refractivity contribution in [3.05, 3.63) is 66.9 Å². The van der Waals surface area contributed by atoms with Gasteiger partial charge in [-0.3, -0.25) is 9.78 Å². The summed E-state index contributed by atoms with van der Waals surface area (Å²) in [6.45, 7) is 1.81. The first-order valence-corrected chi connectivity index (χ1v) is 7.69. The molecule has 0 aliphatic carbocycles. The highest BCUT2D eigenvalue weighted by molar-refractivity contribution is 6.05. The van der Waals surface area contributed by atoms with E-state index in [1.807, 2.05) is 55.5 Å². The molecule has 1 amide bonds. The van der Waals surface area contributed by atoms with Gasteiger partial charge in [0.15, 0.2) is 0 Å². The molecule has 0 bridgehead atoms. The highest BCUT2D eigenvalue weighted by atomic mass is 16.5. The lowest BCUT2D eigenvalue weighted by Crippen LogP contribution is -2.08. The maximum Gasteiger partial charge on any atom is 0.248 e. The summed E-state index contributed by atoms with van der Waals surface area (Å²) >= 11 is 0. The largest absolute Gasteiger partial charge is 0.494 e. The van der Waals surface area contributed by atoms with Crippen LogP contribution in [0.4, 0.5) is 5.69 Å². The van der Waals surface area contributed by atoms with Crippen LogP contribution in [0.1, 0.15) is 6.92 Å². The Labute approximate surface area is 140 Å². The van der Waals surface area contributed by atoms with Crippen molar-refractivity contribution in [2.75, 3.05) is 12.4 Å². The monoisotopic (exact) mass is 318 g/mol. The van der Waals surface area contributed by atoms with Crippen molar-refractivity contribution in [3.8, 4) is 16.9 Å². The highest BCUT2D eigenvalue weighted by Gasteiger charge is 2.12. The lowest BCUT2D eigenvalue weighted by molar-refractivity contribution is -0.111. The maximum atomic E-state index is 11.9. The lowest BCUT2D eigenvalue weighted by Gasteiger charge is -2.13. The molecular weight excluding hydrogens is 300 g/mol. The van der Waals surface area contributed by atoms with Gasteiger partial charge >= 0.3 is 0 Å². The third kappa shape index (κ3) is 2.99. The number of methoxy groups -OCH3 is 1. The Morgan fingerprint density at radius 1 is 1.08 bits per heavy atom. The third-order valence-electron chi connectivity index (χ3n) is 3.75. The number of fused-ring (bicyclic) bond motifs is 1. The third-order valence-corrected chi connectivity index (χ3v) is 3.75. The number of ether oxygens (including phenoxy) is 1. The Kier molecular flexibility index (Phi) is 4.57. The Balaban J connectivity index is 2.17. The van der Waals surface area contributed by atoms with Crippen molar-refractivity contribution in [3.63, 3.8) is 0 Å². The van der Waals surface area contributed by atoms with Gasteiger partial charge in [-0.15, -0.1) is 0 Å². The summed E-state index contributed by atoms with van der Waals surface area (Å²) in [5.41, 5.74) is 3.49. The van der Waals surface area contributed by atoms with Gasteiger partial charge in [0.1, 0.15) is 11.3 Å². The molecule has 0 saturated carbocycles. The predicted octanol–water partition coefficient (Wildman–Crippen LogP) is 4.43. The SMILES string of the molecule is C/C=C/C(=O)Nc1ccccc1-c1ccc(OC)c2ncccc12. The van der Waals surface area contributed by atoms with Crippen molar-refractivity contribution in [2.24, 2.45) is 0 Å². The average Bonchev–Trinajstić information content (AvgIpc) is 2.61. The van der Waals surface area contributed by atoms with Crippen molar-refractivity contribution < 1.29 is 9.53 Å². The molecule has 0 unspecified atom stereocenters. The molecule has 0 radical (unpaired) electrons. The fraction of sp³-hybridized carbons (Fsp3) is 0.100. The molecule has 0 aliphatic rings. The quantitative estimate of drug-likeness (QED) is 0.724. The Morgan fingerprint density at radius 2 is 1.92 bits per heavy atom. The second-order valence-corrected chi connectivity index (χ2v) is 5.25. The zero-order valence-corrected chi connectivity index (χ0v) is 13.6. The number of rotatable bonds is 4. The molecule has 24 heavy (non-hydrogen) atoms. The van der Waals surface area contributed by atoms with Crippen LogP contribution in [-0.2, 0) is 4.79 Å². The van der Waals surface area contributed by atoms with E-state index in [1.165, 1.54) is 6.08 Å². The standard InChI is InChI=1S/C20H18N2O2/c1-3-7-19(23)22-17-10-5-4-8-15(17)14-11-12-18(24-2)20-16(14)9-6-13-21-20/h3-13H,1-2H3,(H,22,23)/b7-3+. The fourth-order valence-electron chi connectivity index (χ4n) is 2.70. The first-order valence-electron chi connectivity index (χ1n) is 7.69. The predicted molar refractivity (Wildman–Crippen MR) is 97.2 cm³/mol. The molecule has 1 N–H and O–H groups in total. The smallest absolute Gasteiger partial charge is 0.248 e. The van der Waals surface area contributed by atoms with Gasteiger partial charge in [0.25, 0.3) is 0 Å². The van der Waals surface area contributed by atoms with Crippen LogP contribution in [-0.4, -0.2) is 18.0 Å². The van der Waals surface area contributed by atoms with Crippen LogP contribution >= 0.6 is 0 Å². The topological polar surface area (TPSA) is 51.2 Å². The zero-order valence-electron chi connectivity index (χ0n) is 13.6. The van der Waals surface area contributed by atoms with Crippen LogP contribution in [0, 0.1) is 0 Å². The second-order valence-electron chi connectivity index (χ2n) is 5.25. The number of pyridine rings is 1. The first-order chi connectivity index (χ1) is 11.7. The Bertz CT molecular complexity index is 916. The number of anilines is 1. The molecule has 0 saturated heterocycles. The van der Waals surface area contributed by atoms with Crippen LogP contribution in [0.5, 0.6) is 5.75 Å². The molecule has 0 aliphatic heterocycles. The number of para-hydroxylation sites is 1. The molecule has 2 aromatic carbocycles. The minimum atomic E-state index is -0.152. The van der Waals surface area contributed by atoms with Crippen LogP contribution < -0.4 is 10.1 Å². The number of nitrogens with zero attached hydrogens (tertiary/aromatic N) is 1. The van der Waals surface area contributed by atoms with Crippen molar-refractivity contribution >= 4 is 22.5 Å². The molecule has 0 spiro atoms. The summed E-state index contributed by atoms with van der Waals surface area (Å²) < 4.78 is 5.40. The molecule has 4 nitrogen and oxygen atoms in total. The van der Waals surface area contributed by atoms with E-state index in [2.05, 4.69) is 10.3 Å². The summed E-state index contributed by atoms with van der Waals surface area (Å²) in [6.07, 6.45) is 4.96. The number of hydrogen-bond donors (Lipinski definition) is 1. The van der Waals surface area contributed by atoms with Crippen LogP contribution in [0.2, 0.25) is 0 Å². The van der Waals surface area contributed by atoms with E-state index >= 15 is 0 Å². The molecule has 3 rings (SSSR count). The number of carbonyl (C=O) groups excluding carboxylic acids is 1. The second kappa shape index (κ2) is 6.96. The highest BCUT2D eigenvalue weighted by Crippen LogP contribution is 2.36. The van der Waals surface area contributed by atoms with Gasteiger partial charge in [-0.25, -0.2) is 0 Å². The van der Waals surface area contributed by atoms with Gasteiger partial charge in [-0.1, -0.05) is 30.3 Å². The van der Waals surface area contributed by atoms with Crippen LogP contribution in [0.25, 0.3) is 22.0 Å². The van der Waals surface area contributed by atoms with E-state index in [4.69, 9.17) is 4.74 Å². The molecular formula is C20H18N2O2. The number of nitrogens with one attached hydrogen (secondary N) is 1. The van der Waals surface area contributed by atoms with E-state index in [1.54, 1.807) is 19.4 Å². The van der Waals surface area contributed by atoms with Crippen molar-refractivity contribution in [1.29, 1.82) is 0 Å². The summed E-state index contributed by atoms with van der Waals surface area (Å²) in [5.74, 6) is 0.575. The van der Waals surface area contributed by atoms with Crippen molar-refractivity contribution in [1.82, 2.24) is 4.98 Å². The average molecular weight is 318 g/mol. The lowest BCUT2D eigenvalue weighted by atomic mass is 9.98. The minimum absolute atomic E-state index is 0.152. The van der Waals surface area contributed by atoms with Gasteiger partial charge < -0.3 is 10.1 Å². The molecule has 0 fully saturated rings. The van der Waals surface area contributed by atoms with Crippen LogP contribution in [0.3, 0.4) is 0 Å². The number of allylic oxidation sites excluding steroid dienone is 1. The number of aromatic nitrogens is 1. The molecule has 3 aromatic rings. The van der Waals surface area contributed by atoms with E-state index in [0.29, 0.717) is 0 Å². The molecule has 1 heterocycles. The van der Waals surface area contributed by atoms with Crippen molar-refractivity contribution in [2.45, 2.75) is 6.92 Å². The first kappa shape index (κ1) is 15.7. The summed E-state index contributed by atoms with van der Waals surface area (Å²) in [6, 6.07) is 15.5. The summed E-state index contributed by atoms with van der Waals surface area (Å²) in [4.78, 5) is 16.4. The molecule has 0 atom stereocenters. The van der Waals surface area contributed by atoms with E-state index in [0.717, 1.165) is 33.5 Å². The van der Waals surface area contributed by atoms with E-state index < -0.39 is 0 Å². The number of carbonyl (C=O) groups is 1. The van der Waals surface area contributed by atoms with Gasteiger partial charge in [-0.2, -0.15) is 0 Å². The maximum absolute atomic E-state index is 11.9. The summed E-state index contributed by atoms with van der Waals surface area (Å²) in [5, 5.41) is 3.90. The number of hydrogen-bond acceptors (Lipinski definition) is 3. The van der Waals surface area contributed by atoms with Gasteiger partial charge in [-0.05, 0) is 42.8 Å². The van der Waals surface area contributed by atoms with E-state index in [9.17, 15) is 4.79 Å². The number of amides is 1. The van der Waals surface area contributed by atoms with E-state index in [-0.39, 0.29) is 5.91 Å². The normalized spacial score (nSPS) is 10.9. The molecule has 1 aromatic heterocycles. The molecule has 4 heteroatoms. The minimum Gasteiger partial charge on any atom is -0.494 e. The Morgan fingerprint density at radius 3 is 2.71 bits per heavy atom. The summed E-state index contributed by atoms with van der Waals surface area (Å²) in [7, 11) is 1.63. The number of benzene rings is 2. The van der Waals surface area contributed by atoms with Gasteiger partial charge in [0.2, 0.25) is 5.91 Å². The zero-order chi connectivity index (χ0) is 16.9. The van der Waals surface area contributed by atoms with Crippen LogP contribution in [0.15, 0.2) is 66.9 Å². The van der Waals surface area contributed by atoms with Gasteiger partial charge in [0, 0.05) is 22.8 Å². The molecule has 120 valence electrons. The fourth-order valence-corrected chi connectivity index (χ4v) is 2.70.